The Balaban J connectivity index is 3.05. The van der Waals surface area contributed by atoms with Gasteiger partial charge in [-0.3, -0.25) is 4.79 Å². The molecule has 2 nitrogen and oxygen atoms in total. The summed E-state index contributed by atoms with van der Waals surface area (Å²) in [5.74, 6) is 0.591. The van der Waals surface area contributed by atoms with Crippen molar-refractivity contribution in [1.29, 1.82) is 0 Å². The van der Waals surface area contributed by atoms with Gasteiger partial charge in [0.25, 0.3) is 0 Å². The van der Waals surface area contributed by atoms with Crippen molar-refractivity contribution in [3.05, 3.63) is 0 Å². The van der Waals surface area contributed by atoms with Crippen LogP contribution in [0.25, 0.3) is 0 Å². The molecule has 0 N–H and O–H groups in total. The highest BCUT2D eigenvalue weighted by Gasteiger charge is 1.98. The highest BCUT2D eigenvalue weighted by molar-refractivity contribution is 6.18. The molecule has 0 saturated heterocycles. The van der Waals surface area contributed by atoms with Crippen molar-refractivity contribution in [2.75, 3.05) is 18.4 Å². The summed E-state index contributed by atoms with van der Waals surface area (Å²) in [6, 6.07) is 0. The predicted molar refractivity (Wildman–Crippen MR) is 41.6 cm³/mol. The van der Waals surface area contributed by atoms with Gasteiger partial charge in [-0.15, -0.1) is 23.2 Å². The Morgan fingerprint density at radius 2 is 2.00 bits per heavy atom. The van der Waals surface area contributed by atoms with E-state index >= 15 is 0 Å². The quantitative estimate of drug-likeness (QED) is 0.370. The summed E-state index contributed by atoms with van der Waals surface area (Å²) < 4.78 is 4.72. The fourth-order valence-electron chi connectivity index (χ4n) is 0.390. The fourth-order valence-corrected chi connectivity index (χ4v) is 0.653. The average Bonchev–Trinajstić information content (AvgIpc) is 1.89. The summed E-state index contributed by atoms with van der Waals surface area (Å²) >= 11 is 10.6. The van der Waals surface area contributed by atoms with E-state index in [-0.39, 0.29) is 12.4 Å². The van der Waals surface area contributed by atoms with Crippen molar-refractivity contribution >= 4 is 29.2 Å². The lowest BCUT2D eigenvalue weighted by molar-refractivity contribution is -0.143. The summed E-state index contributed by atoms with van der Waals surface area (Å²) in [6.45, 7) is 0.402. The van der Waals surface area contributed by atoms with Gasteiger partial charge in [-0.25, -0.2) is 0 Å². The van der Waals surface area contributed by atoms with Crippen LogP contribution >= 0.6 is 23.2 Å². The lowest BCUT2D eigenvalue weighted by atomic mass is 10.5. The first-order valence-corrected chi connectivity index (χ1v) is 4.15. The van der Waals surface area contributed by atoms with Crippen molar-refractivity contribution in [2.24, 2.45) is 0 Å². The van der Waals surface area contributed by atoms with Crippen LogP contribution in [0.1, 0.15) is 12.8 Å². The highest BCUT2D eigenvalue weighted by atomic mass is 35.5. The molecule has 10 heavy (non-hydrogen) atoms. The largest absolute Gasteiger partial charge is 0.466 e. The third-order valence-electron chi connectivity index (χ3n) is 0.840. The molecule has 0 aliphatic heterocycles. The smallest absolute Gasteiger partial charge is 0.306 e. The molecule has 0 fully saturated rings. The average molecular weight is 185 g/mol. The monoisotopic (exact) mass is 184 g/mol. The molecule has 0 saturated carbocycles. The lowest BCUT2D eigenvalue weighted by Gasteiger charge is -1.99. The Hall–Kier alpha value is 0.0500. The topological polar surface area (TPSA) is 26.3 Å². The van der Waals surface area contributed by atoms with Crippen LogP contribution in [-0.4, -0.2) is 24.3 Å². The Labute approximate surface area is 70.4 Å². The summed E-state index contributed by atoms with van der Waals surface area (Å²) in [6.07, 6.45) is 0.986. The van der Waals surface area contributed by atoms with Gasteiger partial charge in [-0.05, 0) is 6.42 Å². The van der Waals surface area contributed by atoms with Gasteiger partial charge in [0.15, 0.2) is 0 Å². The fraction of sp³-hybridized carbons (Fsp3) is 0.833. The highest BCUT2D eigenvalue weighted by Crippen LogP contribution is 1.92. The van der Waals surface area contributed by atoms with Gasteiger partial charge in [-0.1, -0.05) is 0 Å². The Morgan fingerprint density at radius 1 is 1.30 bits per heavy atom. The van der Waals surface area contributed by atoms with E-state index < -0.39 is 0 Å². The van der Waals surface area contributed by atoms with E-state index in [9.17, 15) is 4.79 Å². The normalized spacial score (nSPS) is 9.40. The third-order valence-corrected chi connectivity index (χ3v) is 1.30. The van der Waals surface area contributed by atoms with Gasteiger partial charge >= 0.3 is 5.97 Å². The zero-order valence-electron chi connectivity index (χ0n) is 5.61. The van der Waals surface area contributed by atoms with Crippen molar-refractivity contribution in [2.45, 2.75) is 12.8 Å². The SMILES string of the molecule is O=C(CCCl)OCCCCl. The molecule has 0 bridgehead atoms. The summed E-state index contributed by atoms with van der Waals surface area (Å²) in [5, 5.41) is 0. The van der Waals surface area contributed by atoms with Crippen molar-refractivity contribution in [3.8, 4) is 0 Å². The van der Waals surface area contributed by atoms with Gasteiger partial charge in [0.2, 0.25) is 0 Å². The van der Waals surface area contributed by atoms with Crippen LogP contribution in [0.2, 0.25) is 0 Å². The van der Waals surface area contributed by atoms with Crippen LogP contribution < -0.4 is 0 Å². The molecule has 0 aromatic heterocycles. The van der Waals surface area contributed by atoms with Gasteiger partial charge < -0.3 is 4.74 Å². The minimum absolute atomic E-state index is 0.250. The maximum Gasteiger partial charge on any atom is 0.306 e. The second kappa shape index (κ2) is 7.16. The summed E-state index contributed by atoms with van der Waals surface area (Å²) in [7, 11) is 0. The van der Waals surface area contributed by atoms with Crippen LogP contribution in [0, 0.1) is 0 Å². The first-order chi connectivity index (χ1) is 4.81. The molecule has 60 valence electrons. The summed E-state index contributed by atoms with van der Waals surface area (Å²) in [4.78, 5) is 10.6. The van der Waals surface area contributed by atoms with Gasteiger partial charge in [0.1, 0.15) is 0 Å². The van der Waals surface area contributed by atoms with Crippen LogP contribution in [0.4, 0.5) is 0 Å². The van der Waals surface area contributed by atoms with E-state index in [1.165, 1.54) is 0 Å². The molecule has 0 aromatic carbocycles. The van der Waals surface area contributed by atoms with E-state index in [1.807, 2.05) is 0 Å². The molecule has 0 unspecified atom stereocenters. The number of alkyl halides is 2. The number of esters is 1. The maximum absolute atomic E-state index is 10.6. The second-order valence-electron chi connectivity index (χ2n) is 1.70. The number of halogens is 2. The van der Waals surface area contributed by atoms with Gasteiger partial charge in [0.05, 0.1) is 13.0 Å². The van der Waals surface area contributed by atoms with Crippen LogP contribution in [0.5, 0.6) is 0 Å². The van der Waals surface area contributed by atoms with Gasteiger partial charge in [0, 0.05) is 11.8 Å². The number of ether oxygens (including phenoxy) is 1. The third kappa shape index (κ3) is 6.17. The minimum atomic E-state index is -0.250. The zero-order valence-corrected chi connectivity index (χ0v) is 7.12. The minimum Gasteiger partial charge on any atom is -0.466 e. The van der Waals surface area contributed by atoms with Crippen molar-refractivity contribution in [3.63, 3.8) is 0 Å². The number of hydrogen-bond acceptors (Lipinski definition) is 2. The molecular formula is C6H10Cl2O2. The van der Waals surface area contributed by atoms with E-state index in [0.717, 1.165) is 0 Å². The number of carbonyl (C=O) groups excluding carboxylic acids is 1. The van der Waals surface area contributed by atoms with Crippen molar-refractivity contribution in [1.82, 2.24) is 0 Å². The van der Waals surface area contributed by atoms with E-state index in [1.54, 1.807) is 0 Å². The Morgan fingerprint density at radius 3 is 2.50 bits per heavy atom. The van der Waals surface area contributed by atoms with E-state index in [4.69, 9.17) is 27.9 Å². The van der Waals surface area contributed by atoms with E-state index in [0.29, 0.717) is 24.8 Å². The second-order valence-corrected chi connectivity index (χ2v) is 2.46. The van der Waals surface area contributed by atoms with Crippen LogP contribution in [-0.2, 0) is 9.53 Å². The standard InChI is InChI=1S/C6H10Cl2O2/c7-3-1-5-10-6(9)2-4-8/h1-5H2. The Bertz CT molecular complexity index is 95.7. The number of rotatable bonds is 5. The van der Waals surface area contributed by atoms with Crippen LogP contribution in [0.3, 0.4) is 0 Å². The predicted octanol–water partition coefficient (Wildman–Crippen LogP) is 1.79. The zero-order chi connectivity index (χ0) is 7.82. The van der Waals surface area contributed by atoms with E-state index in [2.05, 4.69) is 0 Å². The summed E-state index contributed by atoms with van der Waals surface area (Å²) in [5.41, 5.74) is 0. The molecule has 0 radical (unpaired) electrons. The molecule has 0 aromatic rings. The lowest BCUT2D eigenvalue weighted by Crippen LogP contribution is -2.06. The molecule has 4 heteroatoms. The van der Waals surface area contributed by atoms with Crippen LogP contribution in [0.15, 0.2) is 0 Å². The number of hydrogen-bond donors (Lipinski definition) is 0. The number of carbonyl (C=O) groups is 1. The molecule has 0 rings (SSSR count). The van der Waals surface area contributed by atoms with Gasteiger partial charge in [-0.2, -0.15) is 0 Å². The Kier molecular flexibility index (Phi) is 7.20. The maximum atomic E-state index is 10.6. The molecular weight excluding hydrogens is 175 g/mol. The molecule has 0 atom stereocenters. The molecule has 0 amide bonds. The first-order valence-electron chi connectivity index (χ1n) is 3.08. The molecule has 0 aliphatic carbocycles. The first kappa shape index (κ1) is 10.0. The molecule has 0 aliphatic rings. The van der Waals surface area contributed by atoms with Crippen molar-refractivity contribution < 1.29 is 9.53 Å². The molecule has 0 heterocycles. The molecule has 0 spiro atoms.